The highest BCUT2D eigenvalue weighted by atomic mass is 16.1. The Bertz CT molecular complexity index is 505. The van der Waals surface area contributed by atoms with Crippen molar-refractivity contribution < 1.29 is 0 Å². The van der Waals surface area contributed by atoms with E-state index >= 15 is 0 Å². The van der Waals surface area contributed by atoms with Crippen molar-refractivity contribution in [2.45, 2.75) is 33.6 Å². The predicted octanol–water partition coefficient (Wildman–Crippen LogP) is 2.30. The second-order valence-electron chi connectivity index (χ2n) is 3.16. The molecule has 0 fully saturated rings. The number of nitrogens with one attached hydrogen (secondary N) is 1. The number of nitrogens with zero attached hydrogens (tertiary/aromatic N) is 2. The zero-order valence-electron chi connectivity index (χ0n) is 9.95. The molecule has 0 aliphatic carbocycles. The van der Waals surface area contributed by atoms with Crippen molar-refractivity contribution in [2.75, 3.05) is 0 Å². The SMILES string of the molecule is CC.CCCc1ncnc2[nH]c(=O)ccc12. The summed E-state index contributed by atoms with van der Waals surface area (Å²) in [6.45, 7) is 6.10. The molecule has 2 rings (SSSR count). The first-order chi connectivity index (χ1) is 7.81. The summed E-state index contributed by atoms with van der Waals surface area (Å²) in [6.07, 6.45) is 3.43. The van der Waals surface area contributed by atoms with E-state index in [1.165, 1.54) is 12.4 Å². The van der Waals surface area contributed by atoms with E-state index in [1.54, 1.807) is 6.07 Å². The van der Waals surface area contributed by atoms with Gasteiger partial charge in [0.2, 0.25) is 5.56 Å². The predicted molar refractivity (Wildman–Crippen MR) is 65.5 cm³/mol. The van der Waals surface area contributed by atoms with Crippen molar-refractivity contribution >= 4 is 11.0 Å². The van der Waals surface area contributed by atoms with Crippen LogP contribution in [0.15, 0.2) is 23.3 Å². The fraction of sp³-hybridized carbons (Fsp3) is 0.417. The molecule has 0 aliphatic rings. The topological polar surface area (TPSA) is 58.6 Å². The van der Waals surface area contributed by atoms with Gasteiger partial charge in [-0.3, -0.25) is 4.79 Å². The highest BCUT2D eigenvalue weighted by molar-refractivity contribution is 5.76. The van der Waals surface area contributed by atoms with Crippen LogP contribution >= 0.6 is 0 Å². The van der Waals surface area contributed by atoms with Crippen molar-refractivity contribution in [3.05, 3.63) is 34.5 Å². The van der Waals surface area contributed by atoms with Crippen LogP contribution in [0.25, 0.3) is 11.0 Å². The zero-order chi connectivity index (χ0) is 12.0. The molecule has 0 atom stereocenters. The molecule has 0 saturated heterocycles. The minimum Gasteiger partial charge on any atom is -0.306 e. The van der Waals surface area contributed by atoms with E-state index in [1.807, 2.05) is 13.8 Å². The number of hydrogen-bond donors (Lipinski definition) is 1. The Morgan fingerprint density at radius 1 is 1.25 bits per heavy atom. The van der Waals surface area contributed by atoms with E-state index in [0.29, 0.717) is 5.65 Å². The number of aromatic amines is 1. The van der Waals surface area contributed by atoms with Crippen LogP contribution in [0, 0.1) is 0 Å². The van der Waals surface area contributed by atoms with Gasteiger partial charge in [0.05, 0.1) is 5.69 Å². The fourth-order valence-corrected chi connectivity index (χ4v) is 1.46. The van der Waals surface area contributed by atoms with E-state index in [0.717, 1.165) is 23.9 Å². The van der Waals surface area contributed by atoms with Gasteiger partial charge >= 0.3 is 0 Å². The molecule has 0 amide bonds. The summed E-state index contributed by atoms with van der Waals surface area (Å²) >= 11 is 0. The largest absolute Gasteiger partial charge is 0.306 e. The van der Waals surface area contributed by atoms with Crippen LogP contribution in [-0.2, 0) is 6.42 Å². The summed E-state index contributed by atoms with van der Waals surface area (Å²) in [5.74, 6) is 0. The number of fused-ring (bicyclic) bond motifs is 1. The Hall–Kier alpha value is -1.71. The van der Waals surface area contributed by atoms with Gasteiger partial charge in [0.15, 0.2) is 0 Å². The van der Waals surface area contributed by atoms with Gasteiger partial charge in [-0.25, -0.2) is 9.97 Å². The Balaban J connectivity index is 0.000000606. The second-order valence-corrected chi connectivity index (χ2v) is 3.16. The lowest BCUT2D eigenvalue weighted by molar-refractivity contribution is 0.884. The first-order valence-corrected chi connectivity index (χ1v) is 5.64. The molecule has 0 aliphatic heterocycles. The standard InChI is InChI=1S/C10H11N3O.C2H6/c1-2-3-8-7-4-5-9(14)13-10(7)12-6-11-8;1-2/h4-6H,2-3H2,1H3,(H,11,12,13,14);1-2H3. The minimum absolute atomic E-state index is 0.126. The van der Waals surface area contributed by atoms with E-state index in [4.69, 9.17) is 0 Å². The summed E-state index contributed by atoms with van der Waals surface area (Å²) in [7, 11) is 0. The highest BCUT2D eigenvalue weighted by Crippen LogP contribution is 2.11. The summed E-state index contributed by atoms with van der Waals surface area (Å²) in [5.41, 5.74) is 1.49. The third-order valence-corrected chi connectivity index (χ3v) is 2.10. The fourth-order valence-electron chi connectivity index (χ4n) is 1.46. The van der Waals surface area contributed by atoms with Crippen LogP contribution in [0.2, 0.25) is 0 Å². The lowest BCUT2D eigenvalue weighted by Crippen LogP contribution is -2.05. The molecular weight excluding hydrogens is 202 g/mol. The quantitative estimate of drug-likeness (QED) is 0.843. The Labute approximate surface area is 94.8 Å². The molecule has 0 spiro atoms. The molecule has 16 heavy (non-hydrogen) atoms. The van der Waals surface area contributed by atoms with E-state index < -0.39 is 0 Å². The molecular formula is C12H17N3O. The molecule has 0 saturated carbocycles. The first kappa shape index (κ1) is 12.4. The minimum atomic E-state index is -0.126. The normalized spacial score (nSPS) is 9.69. The average molecular weight is 219 g/mol. The summed E-state index contributed by atoms with van der Waals surface area (Å²) < 4.78 is 0. The molecule has 0 radical (unpaired) electrons. The maximum Gasteiger partial charge on any atom is 0.249 e. The molecule has 86 valence electrons. The van der Waals surface area contributed by atoms with Crippen LogP contribution < -0.4 is 5.56 Å². The Kier molecular flexibility index (Phi) is 4.64. The molecule has 0 aromatic carbocycles. The van der Waals surface area contributed by atoms with E-state index in [2.05, 4.69) is 21.9 Å². The first-order valence-electron chi connectivity index (χ1n) is 5.64. The molecule has 4 nitrogen and oxygen atoms in total. The smallest absolute Gasteiger partial charge is 0.249 e. The maximum atomic E-state index is 11.0. The van der Waals surface area contributed by atoms with E-state index in [-0.39, 0.29) is 5.56 Å². The number of rotatable bonds is 2. The van der Waals surface area contributed by atoms with Crippen LogP contribution in [0.5, 0.6) is 0 Å². The van der Waals surface area contributed by atoms with Gasteiger partial charge in [-0.1, -0.05) is 27.2 Å². The van der Waals surface area contributed by atoms with Crippen molar-refractivity contribution in [1.29, 1.82) is 0 Å². The monoisotopic (exact) mass is 219 g/mol. The van der Waals surface area contributed by atoms with Gasteiger partial charge in [0, 0.05) is 11.5 Å². The van der Waals surface area contributed by atoms with Crippen molar-refractivity contribution in [1.82, 2.24) is 15.0 Å². The van der Waals surface area contributed by atoms with Crippen LogP contribution in [-0.4, -0.2) is 15.0 Å². The zero-order valence-corrected chi connectivity index (χ0v) is 9.95. The molecule has 2 aromatic rings. The van der Waals surface area contributed by atoms with Gasteiger partial charge in [-0.15, -0.1) is 0 Å². The Morgan fingerprint density at radius 2 is 2.00 bits per heavy atom. The second kappa shape index (κ2) is 6.00. The van der Waals surface area contributed by atoms with Crippen molar-refractivity contribution in [3.8, 4) is 0 Å². The molecule has 2 aromatic heterocycles. The van der Waals surface area contributed by atoms with Gasteiger partial charge in [-0.2, -0.15) is 0 Å². The lowest BCUT2D eigenvalue weighted by Gasteiger charge is -2.01. The average Bonchev–Trinajstić information content (AvgIpc) is 2.32. The van der Waals surface area contributed by atoms with Crippen LogP contribution in [0.3, 0.4) is 0 Å². The van der Waals surface area contributed by atoms with E-state index in [9.17, 15) is 4.79 Å². The van der Waals surface area contributed by atoms with Gasteiger partial charge in [0.1, 0.15) is 12.0 Å². The highest BCUT2D eigenvalue weighted by Gasteiger charge is 2.02. The summed E-state index contributed by atoms with van der Waals surface area (Å²) in [6, 6.07) is 3.28. The third-order valence-electron chi connectivity index (χ3n) is 2.10. The molecule has 4 heteroatoms. The molecule has 2 heterocycles. The Morgan fingerprint density at radius 3 is 2.69 bits per heavy atom. The maximum absolute atomic E-state index is 11.0. The third kappa shape index (κ3) is 2.66. The summed E-state index contributed by atoms with van der Waals surface area (Å²) in [5, 5.41) is 0.939. The van der Waals surface area contributed by atoms with Crippen LogP contribution in [0.4, 0.5) is 0 Å². The number of aryl methyl sites for hydroxylation is 1. The molecule has 1 N–H and O–H groups in total. The molecule has 0 bridgehead atoms. The summed E-state index contributed by atoms with van der Waals surface area (Å²) in [4.78, 5) is 21.9. The van der Waals surface area contributed by atoms with Crippen molar-refractivity contribution in [2.24, 2.45) is 0 Å². The molecule has 0 unspecified atom stereocenters. The van der Waals surface area contributed by atoms with Crippen LogP contribution in [0.1, 0.15) is 32.9 Å². The van der Waals surface area contributed by atoms with Crippen molar-refractivity contribution in [3.63, 3.8) is 0 Å². The lowest BCUT2D eigenvalue weighted by atomic mass is 10.2. The van der Waals surface area contributed by atoms with Gasteiger partial charge < -0.3 is 4.98 Å². The van der Waals surface area contributed by atoms with Gasteiger partial charge in [0.25, 0.3) is 0 Å². The number of aromatic nitrogens is 3. The number of H-pyrrole nitrogens is 1. The van der Waals surface area contributed by atoms with Gasteiger partial charge in [-0.05, 0) is 12.5 Å². The number of pyridine rings is 1. The number of hydrogen-bond acceptors (Lipinski definition) is 3.